The third-order valence-corrected chi connectivity index (χ3v) is 9.81. The van der Waals surface area contributed by atoms with E-state index in [0.717, 1.165) is 18.5 Å². The normalized spacial score (nSPS) is 22.0. The lowest BCUT2D eigenvalue weighted by Crippen LogP contribution is -2.47. The zero-order chi connectivity index (χ0) is 31.7. The SMILES string of the molecule is CCn1nc(C(=O)NCC2(O)CCC(S(C)(=O)=O)CC2)c(Cl)c1-c1cnc(N[C@H](CC(F)(F)F)C2CC2)cc1OC(F)F. The number of hydrogen-bond donors (Lipinski definition) is 3. The highest BCUT2D eigenvalue weighted by Gasteiger charge is 2.41. The quantitative estimate of drug-likeness (QED) is 0.277. The van der Waals surface area contributed by atoms with Gasteiger partial charge in [0.2, 0.25) is 0 Å². The highest BCUT2D eigenvalue weighted by atomic mass is 35.5. The van der Waals surface area contributed by atoms with Gasteiger partial charge in [-0.1, -0.05) is 11.6 Å². The Bertz CT molecular complexity index is 1430. The van der Waals surface area contributed by atoms with Crippen molar-refractivity contribution in [3.63, 3.8) is 0 Å². The van der Waals surface area contributed by atoms with Crippen molar-refractivity contribution in [3.8, 4) is 17.0 Å². The molecule has 2 aliphatic carbocycles. The molecule has 1 amide bonds. The summed E-state index contributed by atoms with van der Waals surface area (Å²) in [6.07, 6.45) is -1.33. The first-order chi connectivity index (χ1) is 20.0. The number of aliphatic hydroxyl groups is 1. The number of aromatic nitrogens is 3. The van der Waals surface area contributed by atoms with Crippen LogP contribution in [0.5, 0.6) is 5.75 Å². The average Bonchev–Trinajstić information content (AvgIpc) is 3.69. The summed E-state index contributed by atoms with van der Waals surface area (Å²) in [5.74, 6) is -1.53. The van der Waals surface area contributed by atoms with Gasteiger partial charge in [-0.05, 0) is 51.4 Å². The smallest absolute Gasteiger partial charge is 0.391 e. The molecule has 17 heteroatoms. The van der Waals surface area contributed by atoms with E-state index in [9.17, 15) is 40.3 Å². The van der Waals surface area contributed by atoms with E-state index in [-0.39, 0.29) is 72.5 Å². The second-order valence-corrected chi connectivity index (χ2v) is 13.8. The van der Waals surface area contributed by atoms with Crippen molar-refractivity contribution in [2.45, 2.75) is 88.1 Å². The molecule has 2 aliphatic rings. The van der Waals surface area contributed by atoms with E-state index >= 15 is 0 Å². The zero-order valence-electron chi connectivity index (χ0n) is 23.4. The molecule has 1 atom stereocenters. The summed E-state index contributed by atoms with van der Waals surface area (Å²) in [5, 5.41) is 19.5. The molecule has 3 N–H and O–H groups in total. The van der Waals surface area contributed by atoms with E-state index < -0.39 is 57.6 Å². The van der Waals surface area contributed by atoms with E-state index in [1.807, 2.05) is 0 Å². The van der Waals surface area contributed by atoms with Gasteiger partial charge in [0.05, 0.1) is 33.6 Å². The Morgan fingerprint density at radius 2 is 1.91 bits per heavy atom. The summed E-state index contributed by atoms with van der Waals surface area (Å²) in [4.78, 5) is 17.2. The van der Waals surface area contributed by atoms with Gasteiger partial charge in [0, 0.05) is 37.7 Å². The fraction of sp³-hybridized carbons (Fsp3) is 0.654. The Hall–Kier alpha value is -2.72. The first-order valence-electron chi connectivity index (χ1n) is 13.7. The second-order valence-electron chi connectivity index (χ2n) is 11.1. The van der Waals surface area contributed by atoms with Gasteiger partial charge in [0.15, 0.2) is 5.69 Å². The molecule has 2 saturated carbocycles. The molecule has 0 spiro atoms. The van der Waals surface area contributed by atoms with Gasteiger partial charge >= 0.3 is 12.8 Å². The Kier molecular flexibility index (Phi) is 9.81. The van der Waals surface area contributed by atoms with Crippen molar-refractivity contribution < 1.29 is 45.0 Å². The number of pyridine rings is 1. The van der Waals surface area contributed by atoms with Gasteiger partial charge in [-0.2, -0.15) is 27.1 Å². The van der Waals surface area contributed by atoms with Gasteiger partial charge < -0.3 is 20.5 Å². The number of alkyl halides is 5. The number of sulfone groups is 1. The molecule has 2 fully saturated rings. The van der Waals surface area contributed by atoms with Crippen LogP contribution < -0.4 is 15.4 Å². The van der Waals surface area contributed by atoms with Crippen LogP contribution in [0, 0.1) is 5.92 Å². The van der Waals surface area contributed by atoms with E-state index in [1.165, 1.54) is 4.68 Å². The maximum atomic E-state index is 13.4. The van der Waals surface area contributed by atoms with Crippen molar-refractivity contribution in [2.24, 2.45) is 5.92 Å². The fourth-order valence-electron chi connectivity index (χ4n) is 5.29. The molecule has 0 saturated heterocycles. The third-order valence-electron chi connectivity index (χ3n) is 7.77. The van der Waals surface area contributed by atoms with Crippen LogP contribution in [0.1, 0.15) is 62.4 Å². The van der Waals surface area contributed by atoms with Gasteiger partial charge in [0.1, 0.15) is 21.4 Å². The van der Waals surface area contributed by atoms with Crippen molar-refractivity contribution in [1.29, 1.82) is 0 Å². The molecule has 4 rings (SSSR count). The lowest BCUT2D eigenvalue weighted by molar-refractivity contribution is -0.138. The van der Waals surface area contributed by atoms with Crippen LogP contribution in [0.25, 0.3) is 11.3 Å². The Labute approximate surface area is 250 Å². The maximum absolute atomic E-state index is 13.4. The first-order valence-corrected chi connectivity index (χ1v) is 16.1. The highest BCUT2D eigenvalue weighted by molar-refractivity contribution is 7.91. The van der Waals surface area contributed by atoms with Gasteiger partial charge in [-0.3, -0.25) is 9.48 Å². The third kappa shape index (κ3) is 8.47. The summed E-state index contributed by atoms with van der Waals surface area (Å²) in [6, 6.07) is 0.0626. The minimum Gasteiger partial charge on any atom is -0.434 e. The van der Waals surface area contributed by atoms with Crippen molar-refractivity contribution >= 4 is 33.2 Å². The van der Waals surface area contributed by atoms with Crippen LogP contribution in [-0.4, -0.2) is 76.7 Å². The summed E-state index contributed by atoms with van der Waals surface area (Å²) in [5.41, 5.74) is -1.66. The molecule has 2 aromatic heterocycles. The number of halogens is 6. The predicted octanol–water partition coefficient (Wildman–Crippen LogP) is 4.81. The minimum atomic E-state index is -4.44. The Morgan fingerprint density at radius 1 is 1.26 bits per heavy atom. The maximum Gasteiger partial charge on any atom is 0.391 e. The monoisotopic (exact) mass is 657 g/mol. The molecular formula is C26H33ClF5N5O5S. The van der Waals surface area contributed by atoms with Crippen LogP contribution in [0.4, 0.5) is 27.8 Å². The number of carbonyl (C=O) groups is 1. The number of rotatable bonds is 12. The number of anilines is 1. The second kappa shape index (κ2) is 12.7. The largest absolute Gasteiger partial charge is 0.434 e. The van der Waals surface area contributed by atoms with E-state index in [4.69, 9.17) is 11.6 Å². The van der Waals surface area contributed by atoms with Gasteiger partial charge in [-0.15, -0.1) is 0 Å². The summed E-state index contributed by atoms with van der Waals surface area (Å²) >= 11 is 6.53. The lowest BCUT2D eigenvalue weighted by Gasteiger charge is -2.35. The zero-order valence-corrected chi connectivity index (χ0v) is 25.0. The average molecular weight is 658 g/mol. The van der Waals surface area contributed by atoms with Crippen LogP contribution >= 0.6 is 11.6 Å². The van der Waals surface area contributed by atoms with E-state index in [0.29, 0.717) is 12.8 Å². The standard InChI is InChI=1S/C26H33ClF5N5O5S/c1-3-37-22(20(27)21(36-37)23(38)34-13-25(39)8-6-15(7-9-25)43(2,40)41)16-12-33-19(10-18(16)42-24(28)29)35-17(14-4-5-14)11-26(30,31)32/h10,12,14-15,17,24,39H,3-9,11,13H2,1-2H3,(H,33,35)(H,34,38)/t15?,17-,25?/m1/s1. The summed E-state index contributed by atoms with van der Waals surface area (Å²) in [7, 11) is -3.26. The molecule has 0 unspecified atom stereocenters. The summed E-state index contributed by atoms with van der Waals surface area (Å²) < 4.78 is 95.7. The number of amides is 1. The van der Waals surface area contributed by atoms with Crippen LogP contribution in [0.15, 0.2) is 12.3 Å². The predicted molar refractivity (Wildman–Crippen MR) is 148 cm³/mol. The topological polar surface area (TPSA) is 135 Å². The molecule has 240 valence electrons. The first kappa shape index (κ1) is 33.2. The van der Waals surface area contributed by atoms with Crippen molar-refractivity contribution in [2.75, 3.05) is 18.1 Å². The summed E-state index contributed by atoms with van der Waals surface area (Å²) in [6.45, 7) is -1.69. The number of hydrogen-bond acceptors (Lipinski definition) is 8. The van der Waals surface area contributed by atoms with Gasteiger partial charge in [0.25, 0.3) is 5.91 Å². The van der Waals surface area contributed by atoms with Crippen molar-refractivity contribution in [3.05, 3.63) is 23.0 Å². The molecule has 10 nitrogen and oxygen atoms in total. The van der Waals surface area contributed by atoms with Gasteiger partial charge in [-0.25, -0.2) is 13.4 Å². The molecule has 43 heavy (non-hydrogen) atoms. The number of carbonyl (C=O) groups excluding carboxylic acids is 1. The van der Waals surface area contributed by atoms with Crippen LogP contribution in [0.3, 0.4) is 0 Å². The number of ether oxygens (including phenoxy) is 1. The molecular weight excluding hydrogens is 625 g/mol. The molecule has 0 radical (unpaired) electrons. The minimum absolute atomic E-state index is 0.0189. The van der Waals surface area contributed by atoms with E-state index in [2.05, 4.69) is 25.5 Å². The van der Waals surface area contributed by atoms with E-state index in [1.54, 1.807) is 6.92 Å². The molecule has 0 bridgehead atoms. The lowest BCUT2D eigenvalue weighted by atomic mass is 9.84. The Morgan fingerprint density at radius 3 is 2.44 bits per heavy atom. The Balaban J connectivity index is 1.56. The van der Waals surface area contributed by atoms with Crippen LogP contribution in [0.2, 0.25) is 5.02 Å². The molecule has 0 aliphatic heterocycles. The highest BCUT2D eigenvalue weighted by Crippen LogP contribution is 2.41. The number of aryl methyl sites for hydroxylation is 1. The molecule has 0 aromatic carbocycles. The fourth-order valence-corrected chi connectivity index (χ4v) is 6.71. The number of nitrogens with one attached hydrogen (secondary N) is 2. The molecule has 2 heterocycles. The number of nitrogens with zero attached hydrogens (tertiary/aromatic N) is 3. The molecule has 2 aromatic rings. The van der Waals surface area contributed by atoms with Crippen molar-refractivity contribution in [1.82, 2.24) is 20.1 Å². The van der Waals surface area contributed by atoms with Crippen LogP contribution in [-0.2, 0) is 16.4 Å².